The van der Waals surface area contributed by atoms with Crippen molar-refractivity contribution in [2.45, 2.75) is 18.9 Å². The number of nitrogens with zero attached hydrogens (tertiary/aromatic N) is 1. The minimum absolute atomic E-state index is 0.0505. The van der Waals surface area contributed by atoms with Crippen molar-refractivity contribution in [3.8, 4) is 5.75 Å². The first-order valence-electron chi connectivity index (χ1n) is 6.93. The fourth-order valence-electron chi connectivity index (χ4n) is 2.74. The Balaban J connectivity index is 1.86. The van der Waals surface area contributed by atoms with E-state index in [2.05, 4.69) is 15.9 Å². The summed E-state index contributed by atoms with van der Waals surface area (Å²) in [6.45, 7) is 1.95. The summed E-state index contributed by atoms with van der Waals surface area (Å²) < 4.78 is 11.8. The van der Waals surface area contributed by atoms with Gasteiger partial charge in [-0.1, -0.05) is 15.9 Å². The van der Waals surface area contributed by atoms with Crippen molar-refractivity contribution in [1.82, 2.24) is 4.90 Å². The summed E-state index contributed by atoms with van der Waals surface area (Å²) in [7, 11) is 1.59. The number of carbonyl (C=O) groups is 1. The number of hydrogen-bond donors (Lipinski definition) is 0. The number of benzene rings is 1. The lowest BCUT2D eigenvalue weighted by Crippen LogP contribution is -2.49. The molecule has 1 atom stereocenters. The number of morpholine rings is 1. The number of ether oxygens (including phenoxy) is 2. The molecule has 4 nitrogen and oxygen atoms in total. The van der Waals surface area contributed by atoms with Crippen LogP contribution in [0, 0.1) is 5.92 Å². The van der Waals surface area contributed by atoms with Crippen LogP contribution in [0.3, 0.4) is 0 Å². The molecule has 108 valence electrons. The van der Waals surface area contributed by atoms with Crippen LogP contribution in [0.4, 0.5) is 0 Å². The van der Waals surface area contributed by atoms with Gasteiger partial charge in [0.25, 0.3) is 5.91 Å². The van der Waals surface area contributed by atoms with E-state index in [0.29, 0.717) is 37.0 Å². The fraction of sp³-hybridized carbons (Fsp3) is 0.533. The summed E-state index contributed by atoms with van der Waals surface area (Å²) in [5.74, 6) is 1.28. The second-order valence-electron chi connectivity index (χ2n) is 5.32. The molecule has 0 bridgehead atoms. The maximum Gasteiger partial charge on any atom is 0.258 e. The molecule has 1 aromatic carbocycles. The van der Waals surface area contributed by atoms with E-state index in [9.17, 15) is 4.79 Å². The number of rotatable bonds is 3. The highest BCUT2D eigenvalue weighted by atomic mass is 79.9. The molecule has 20 heavy (non-hydrogen) atoms. The highest BCUT2D eigenvalue weighted by molar-refractivity contribution is 9.10. The molecule has 2 fully saturated rings. The molecule has 1 aliphatic heterocycles. The third kappa shape index (κ3) is 2.69. The molecule has 1 amide bonds. The van der Waals surface area contributed by atoms with E-state index in [0.717, 1.165) is 4.47 Å². The normalized spacial score (nSPS) is 22.7. The van der Waals surface area contributed by atoms with Crippen LogP contribution in [0.15, 0.2) is 22.7 Å². The van der Waals surface area contributed by atoms with Gasteiger partial charge < -0.3 is 14.4 Å². The minimum atomic E-state index is 0.0505. The first-order chi connectivity index (χ1) is 9.70. The summed E-state index contributed by atoms with van der Waals surface area (Å²) >= 11 is 3.40. The van der Waals surface area contributed by atoms with E-state index < -0.39 is 0 Å². The Labute approximate surface area is 127 Å². The van der Waals surface area contributed by atoms with Crippen molar-refractivity contribution in [1.29, 1.82) is 0 Å². The lowest BCUT2D eigenvalue weighted by atomic mass is 10.1. The van der Waals surface area contributed by atoms with Crippen LogP contribution in [0.25, 0.3) is 0 Å². The van der Waals surface area contributed by atoms with Crippen molar-refractivity contribution in [2.24, 2.45) is 5.92 Å². The van der Waals surface area contributed by atoms with Crippen molar-refractivity contribution < 1.29 is 14.3 Å². The molecule has 0 aromatic heterocycles. The van der Waals surface area contributed by atoms with Crippen molar-refractivity contribution in [3.05, 3.63) is 28.2 Å². The molecule has 1 unspecified atom stereocenters. The lowest BCUT2D eigenvalue weighted by Gasteiger charge is -2.36. The van der Waals surface area contributed by atoms with Crippen LogP contribution in [-0.4, -0.2) is 43.7 Å². The number of methoxy groups -OCH3 is 1. The predicted octanol–water partition coefficient (Wildman–Crippen LogP) is 2.71. The fourth-order valence-corrected chi connectivity index (χ4v) is 3.08. The molecular weight excluding hydrogens is 322 g/mol. The zero-order chi connectivity index (χ0) is 14.1. The third-order valence-electron chi connectivity index (χ3n) is 3.99. The molecule has 1 heterocycles. The van der Waals surface area contributed by atoms with Gasteiger partial charge >= 0.3 is 0 Å². The predicted molar refractivity (Wildman–Crippen MR) is 79.1 cm³/mol. The van der Waals surface area contributed by atoms with Gasteiger partial charge in [-0.2, -0.15) is 0 Å². The average molecular weight is 340 g/mol. The van der Waals surface area contributed by atoms with Crippen molar-refractivity contribution in [2.75, 3.05) is 26.9 Å². The zero-order valence-corrected chi connectivity index (χ0v) is 13.1. The van der Waals surface area contributed by atoms with Crippen LogP contribution in [0.5, 0.6) is 5.75 Å². The quantitative estimate of drug-likeness (QED) is 0.849. The van der Waals surface area contributed by atoms with Crippen LogP contribution >= 0.6 is 15.9 Å². The van der Waals surface area contributed by atoms with Crippen LogP contribution in [0.1, 0.15) is 23.2 Å². The first kappa shape index (κ1) is 13.9. The highest BCUT2D eigenvalue weighted by Crippen LogP contribution is 2.37. The van der Waals surface area contributed by atoms with Gasteiger partial charge in [-0.05, 0) is 37.0 Å². The highest BCUT2D eigenvalue weighted by Gasteiger charge is 2.39. The number of halogens is 1. The van der Waals surface area contributed by atoms with Crippen LogP contribution < -0.4 is 4.74 Å². The van der Waals surface area contributed by atoms with E-state index in [1.54, 1.807) is 7.11 Å². The molecule has 1 saturated heterocycles. The van der Waals surface area contributed by atoms with Gasteiger partial charge in [-0.15, -0.1) is 0 Å². The summed E-state index contributed by atoms with van der Waals surface area (Å²) in [5, 5.41) is 0. The Hall–Kier alpha value is -1.07. The molecule has 1 aliphatic carbocycles. The Morgan fingerprint density at radius 3 is 2.95 bits per heavy atom. The van der Waals surface area contributed by atoms with Gasteiger partial charge in [-0.25, -0.2) is 0 Å². The van der Waals surface area contributed by atoms with Gasteiger partial charge in [-0.3, -0.25) is 4.79 Å². The van der Waals surface area contributed by atoms with Gasteiger partial charge in [0.05, 0.1) is 31.9 Å². The van der Waals surface area contributed by atoms with Gasteiger partial charge in [0.1, 0.15) is 5.75 Å². The smallest absolute Gasteiger partial charge is 0.258 e. The van der Waals surface area contributed by atoms with E-state index in [4.69, 9.17) is 9.47 Å². The molecule has 3 rings (SSSR count). The van der Waals surface area contributed by atoms with Crippen LogP contribution in [0.2, 0.25) is 0 Å². The lowest BCUT2D eigenvalue weighted by molar-refractivity contribution is -0.00848. The van der Waals surface area contributed by atoms with Gasteiger partial charge in [0.15, 0.2) is 0 Å². The number of amides is 1. The molecule has 1 saturated carbocycles. The Morgan fingerprint density at radius 2 is 2.25 bits per heavy atom. The summed E-state index contributed by atoms with van der Waals surface area (Å²) in [5.41, 5.74) is 0.628. The Kier molecular flexibility index (Phi) is 3.98. The van der Waals surface area contributed by atoms with Crippen molar-refractivity contribution >= 4 is 21.8 Å². The summed E-state index contributed by atoms with van der Waals surface area (Å²) in [4.78, 5) is 14.8. The molecule has 0 spiro atoms. The maximum absolute atomic E-state index is 12.8. The Bertz CT molecular complexity index is 516. The van der Waals surface area contributed by atoms with Crippen LogP contribution in [-0.2, 0) is 4.74 Å². The SMILES string of the molecule is COc1cc(Br)ccc1C(=O)N1CCOCC1C1CC1. The first-order valence-corrected chi connectivity index (χ1v) is 7.72. The third-order valence-corrected chi connectivity index (χ3v) is 4.48. The molecule has 2 aliphatic rings. The molecular formula is C15H18BrNO3. The second kappa shape index (κ2) is 5.74. The molecule has 0 radical (unpaired) electrons. The van der Waals surface area contributed by atoms with E-state index >= 15 is 0 Å². The van der Waals surface area contributed by atoms with Gasteiger partial charge in [0.2, 0.25) is 0 Å². The van der Waals surface area contributed by atoms with E-state index in [1.165, 1.54) is 12.8 Å². The minimum Gasteiger partial charge on any atom is -0.496 e. The van der Waals surface area contributed by atoms with E-state index in [1.807, 2.05) is 23.1 Å². The van der Waals surface area contributed by atoms with Gasteiger partial charge in [0, 0.05) is 11.0 Å². The largest absolute Gasteiger partial charge is 0.496 e. The maximum atomic E-state index is 12.8. The zero-order valence-electron chi connectivity index (χ0n) is 11.5. The average Bonchev–Trinajstić information content (AvgIpc) is 3.31. The Morgan fingerprint density at radius 1 is 1.45 bits per heavy atom. The standard InChI is InChI=1S/C15H18BrNO3/c1-19-14-8-11(16)4-5-12(14)15(18)17-6-7-20-9-13(17)10-2-3-10/h4-5,8,10,13H,2-3,6-7,9H2,1H3. The van der Waals surface area contributed by atoms with Crippen molar-refractivity contribution in [3.63, 3.8) is 0 Å². The number of carbonyl (C=O) groups excluding carboxylic acids is 1. The second-order valence-corrected chi connectivity index (χ2v) is 6.24. The monoisotopic (exact) mass is 339 g/mol. The summed E-state index contributed by atoms with van der Waals surface area (Å²) in [6, 6.07) is 5.76. The topological polar surface area (TPSA) is 38.8 Å². The number of hydrogen-bond acceptors (Lipinski definition) is 3. The molecule has 5 heteroatoms. The molecule has 0 N–H and O–H groups in total. The molecule has 1 aromatic rings. The summed E-state index contributed by atoms with van der Waals surface area (Å²) in [6.07, 6.45) is 2.41. The van der Waals surface area contributed by atoms with E-state index in [-0.39, 0.29) is 11.9 Å².